The highest BCUT2D eigenvalue weighted by Crippen LogP contribution is 2.38. The second kappa shape index (κ2) is 26.4. The van der Waals surface area contributed by atoms with E-state index in [4.69, 9.17) is 10.6 Å². The number of rotatable bonds is 28. The molecule has 0 unspecified atom stereocenters. The minimum atomic E-state index is -5.14. The molecule has 9 N–H and O–H groups in total. The van der Waals surface area contributed by atoms with Gasteiger partial charge in [0.1, 0.15) is 36.8 Å². The lowest BCUT2D eigenvalue weighted by Gasteiger charge is -2.28. The number of non-ortho nitro benzene ring substituents is 1. The number of nitrogens with one attached hydrogen (secondary N) is 4. The number of primary amides is 1. The van der Waals surface area contributed by atoms with E-state index in [-0.39, 0.29) is 30.4 Å². The van der Waals surface area contributed by atoms with E-state index in [9.17, 15) is 58.3 Å². The summed E-state index contributed by atoms with van der Waals surface area (Å²) in [6.07, 6.45) is 6.85. The van der Waals surface area contributed by atoms with E-state index in [1.54, 1.807) is 29.2 Å². The van der Waals surface area contributed by atoms with Gasteiger partial charge in [0.2, 0.25) is 35.4 Å². The number of nitrogens with two attached hydrogens (primary N) is 1. The summed E-state index contributed by atoms with van der Waals surface area (Å²) in [4.78, 5) is 120. The third-order valence-electron chi connectivity index (χ3n) is 11.5. The highest BCUT2D eigenvalue weighted by Gasteiger charge is 2.37. The highest BCUT2D eigenvalue weighted by molar-refractivity contribution is 7.46. The second-order valence-corrected chi connectivity index (χ2v) is 18.5. The number of unbranched alkanes of at least 4 members (excludes halogenated alkanes) is 3. The van der Waals surface area contributed by atoms with Gasteiger partial charge in [0.25, 0.3) is 5.69 Å². The van der Waals surface area contributed by atoms with E-state index < -0.39 is 85.2 Å². The largest absolute Gasteiger partial charge is 0.469 e. The first-order valence-corrected chi connectivity index (χ1v) is 24.3. The molecule has 1 saturated heterocycles. The van der Waals surface area contributed by atoms with Crippen LogP contribution in [-0.4, -0.2) is 137 Å². The molecule has 6 amide bonds. The van der Waals surface area contributed by atoms with Gasteiger partial charge >= 0.3 is 7.82 Å². The number of aromatic nitrogens is 3. The fourth-order valence-corrected chi connectivity index (χ4v) is 8.44. The molecule has 25 nitrogen and oxygen atoms in total. The van der Waals surface area contributed by atoms with Crippen LogP contribution in [-0.2, 0) is 62.7 Å². The van der Waals surface area contributed by atoms with E-state index in [2.05, 4.69) is 35.9 Å². The number of hydrogen-bond donors (Lipinski definition) is 8. The molecule has 0 radical (unpaired) electrons. The van der Waals surface area contributed by atoms with Gasteiger partial charge in [0.15, 0.2) is 0 Å². The van der Waals surface area contributed by atoms with Crippen molar-refractivity contribution in [3.63, 3.8) is 0 Å². The van der Waals surface area contributed by atoms with E-state index >= 15 is 0 Å². The van der Waals surface area contributed by atoms with Crippen LogP contribution in [0.4, 0.5) is 5.69 Å². The fourth-order valence-electron chi connectivity index (χ4n) is 7.89. The number of aryl methyl sites for hydroxylation is 1. The standard InChI is InChI=1S/C44H64N11O14P/c1-27(2)20-34(49-44(62)38-14-11-18-54(38)29(4)57)41(59)48-35(42(60)50-36(25-56)43(61)51-39(40(45)58)28(3)69-70(65,66)67)22-33-23-46-26-53(33)17-8-6-7-9-19-68-47-24-32-15-16-37(52(32)5)30-12-10-13-31(21-30)55(63)64/h10,12-13,15-16,21,23-24,26-28,34-36,38-39,56H,6-9,11,14,17-20,22,25H2,1-5H3,(H2,45,58)(H,48,59)(H,49,62)(H,50,60)(H,51,61)(H2,65,66,67)/b47-24+/t28-,34+,35+,36+,38+,39+/m1/s1. The number of likely N-dealkylation sites (tertiary alicyclic amines) is 1. The number of aliphatic hydroxyl groups is 1. The maximum absolute atomic E-state index is 14.1. The van der Waals surface area contributed by atoms with Crippen LogP contribution in [0.25, 0.3) is 11.3 Å². The number of nitro groups is 1. The Morgan fingerprint density at radius 3 is 2.33 bits per heavy atom. The normalized spacial score (nSPS) is 16.0. The molecule has 0 spiro atoms. The number of carbonyl (C=O) groups is 6. The molecule has 0 aliphatic carbocycles. The smallest absolute Gasteiger partial charge is 0.396 e. The van der Waals surface area contributed by atoms with Gasteiger partial charge in [-0.1, -0.05) is 37.6 Å². The molecular formula is C44H64N11O14P. The van der Waals surface area contributed by atoms with Crippen LogP contribution in [0.15, 0.2) is 54.1 Å². The van der Waals surface area contributed by atoms with Gasteiger partial charge in [0, 0.05) is 68.8 Å². The SMILES string of the molecule is CC(=O)N1CCC[C@H]1C(=O)N[C@@H](CC(C)C)C(=O)N[C@@H](Cc1cncn1CCCCCCO/N=C/c1ccc(-c2cccc([N+](=O)[O-])c2)n1C)C(=O)N[C@@H](CO)C(=O)N[C@H](C(N)=O)[C@@H](C)OP(=O)(O)O. The Kier molecular flexibility index (Phi) is 21.2. The minimum absolute atomic E-state index is 0.00963. The molecule has 1 aliphatic rings. The molecule has 6 atom stereocenters. The Labute approximate surface area is 404 Å². The Bertz CT molecular complexity index is 2380. The first-order chi connectivity index (χ1) is 33.1. The summed E-state index contributed by atoms with van der Waals surface area (Å²) >= 11 is 0. The molecule has 2 aromatic heterocycles. The zero-order valence-electron chi connectivity index (χ0n) is 39.8. The summed E-state index contributed by atoms with van der Waals surface area (Å²) in [5.74, 6) is -5.06. The molecular weight excluding hydrogens is 938 g/mol. The van der Waals surface area contributed by atoms with Crippen LogP contribution in [0.1, 0.15) is 84.0 Å². The molecule has 4 rings (SSSR count). The fraction of sp³-hybridized carbons (Fsp3) is 0.545. The maximum atomic E-state index is 14.1. The van der Waals surface area contributed by atoms with Crippen molar-refractivity contribution < 1.29 is 62.5 Å². The predicted molar refractivity (Wildman–Crippen MR) is 252 cm³/mol. The van der Waals surface area contributed by atoms with Crippen molar-refractivity contribution in [3.05, 3.63) is 70.4 Å². The van der Waals surface area contributed by atoms with E-state index in [1.165, 1.54) is 30.2 Å². The van der Waals surface area contributed by atoms with Crippen molar-refractivity contribution in [2.75, 3.05) is 19.8 Å². The zero-order chi connectivity index (χ0) is 51.7. The summed E-state index contributed by atoms with van der Waals surface area (Å²) in [6, 6.07) is 3.05. The van der Waals surface area contributed by atoms with Crippen LogP contribution >= 0.6 is 7.82 Å². The first-order valence-electron chi connectivity index (χ1n) is 22.8. The lowest BCUT2D eigenvalue weighted by molar-refractivity contribution is -0.384. The van der Waals surface area contributed by atoms with Crippen molar-refractivity contribution in [1.29, 1.82) is 0 Å². The monoisotopic (exact) mass is 1000 g/mol. The number of nitro benzene ring substituents is 1. The molecule has 3 aromatic rings. The van der Waals surface area contributed by atoms with E-state index in [0.29, 0.717) is 56.6 Å². The van der Waals surface area contributed by atoms with Crippen molar-refractivity contribution in [3.8, 4) is 11.3 Å². The summed E-state index contributed by atoms with van der Waals surface area (Å²) in [7, 11) is -3.32. The number of phosphoric ester groups is 1. The summed E-state index contributed by atoms with van der Waals surface area (Å²) in [6.45, 7) is 6.24. The molecule has 1 aromatic carbocycles. The average Bonchev–Trinajstić information content (AvgIpc) is 4.06. The van der Waals surface area contributed by atoms with Gasteiger partial charge in [-0.05, 0) is 63.5 Å². The van der Waals surface area contributed by atoms with Crippen LogP contribution in [0.3, 0.4) is 0 Å². The van der Waals surface area contributed by atoms with Crippen molar-refractivity contribution >= 4 is 55.2 Å². The average molecular weight is 1000 g/mol. The summed E-state index contributed by atoms with van der Waals surface area (Å²) in [5.41, 5.74) is 8.04. The highest BCUT2D eigenvalue weighted by atomic mass is 31.2. The number of phosphoric acid groups is 1. The lowest BCUT2D eigenvalue weighted by atomic mass is 10.0. The van der Waals surface area contributed by atoms with Gasteiger partial charge in [-0.3, -0.25) is 43.4 Å². The van der Waals surface area contributed by atoms with Crippen molar-refractivity contribution in [2.24, 2.45) is 23.9 Å². The van der Waals surface area contributed by atoms with Crippen LogP contribution in [0, 0.1) is 16.0 Å². The molecule has 0 saturated carbocycles. The quantitative estimate of drug-likeness (QED) is 0.0165. The maximum Gasteiger partial charge on any atom is 0.469 e. The Balaban J connectivity index is 1.41. The van der Waals surface area contributed by atoms with Gasteiger partial charge in [0.05, 0.1) is 35.9 Å². The van der Waals surface area contributed by atoms with Gasteiger partial charge < -0.3 is 60.8 Å². The number of oxime groups is 1. The number of nitrogens with zero attached hydrogens (tertiary/aromatic N) is 6. The number of carbonyl (C=O) groups excluding carboxylic acids is 6. The Morgan fingerprint density at radius 1 is 0.986 bits per heavy atom. The van der Waals surface area contributed by atoms with Gasteiger partial charge in [-0.25, -0.2) is 9.55 Å². The second-order valence-electron chi connectivity index (χ2n) is 17.3. The van der Waals surface area contributed by atoms with Crippen LogP contribution < -0.4 is 27.0 Å². The number of aliphatic hydroxyl groups excluding tert-OH is 1. The Hall–Kier alpha value is -6.53. The molecule has 26 heteroatoms. The van der Waals surface area contributed by atoms with Crippen molar-refractivity contribution in [2.45, 2.75) is 122 Å². The third kappa shape index (κ3) is 16.9. The van der Waals surface area contributed by atoms with E-state index in [1.807, 2.05) is 37.6 Å². The van der Waals surface area contributed by atoms with Crippen LogP contribution in [0.2, 0.25) is 0 Å². The molecule has 0 bridgehead atoms. The number of imidazole rings is 1. The molecule has 1 fully saturated rings. The first kappa shape index (κ1) is 56.1. The topological polar surface area (TPSA) is 354 Å². The molecule has 1 aliphatic heterocycles. The number of hydrogen-bond acceptors (Lipinski definition) is 14. The van der Waals surface area contributed by atoms with Gasteiger partial charge in [-0.15, -0.1) is 0 Å². The van der Waals surface area contributed by atoms with Crippen molar-refractivity contribution in [1.82, 2.24) is 40.3 Å². The molecule has 3 heterocycles. The Morgan fingerprint density at radius 2 is 1.67 bits per heavy atom. The van der Waals surface area contributed by atoms with Crippen LogP contribution in [0.5, 0.6) is 0 Å². The van der Waals surface area contributed by atoms with Gasteiger partial charge in [-0.2, -0.15) is 0 Å². The predicted octanol–water partition coefficient (Wildman–Crippen LogP) is 0.922. The van der Waals surface area contributed by atoms with E-state index in [0.717, 1.165) is 31.2 Å². The minimum Gasteiger partial charge on any atom is -0.396 e. The molecule has 70 heavy (non-hydrogen) atoms. The number of amides is 6. The zero-order valence-corrected chi connectivity index (χ0v) is 40.7. The number of benzene rings is 1. The summed E-state index contributed by atoms with van der Waals surface area (Å²) in [5, 5.41) is 35.4. The molecule has 384 valence electrons. The summed E-state index contributed by atoms with van der Waals surface area (Å²) < 4.78 is 19.6. The lowest BCUT2D eigenvalue weighted by Crippen LogP contribution is -2.61. The third-order valence-corrected chi connectivity index (χ3v) is 12.1.